The number of aliphatic hydroxyl groups is 1. The van der Waals surface area contributed by atoms with E-state index in [1.807, 2.05) is 0 Å². The van der Waals surface area contributed by atoms with Crippen molar-refractivity contribution in [1.82, 2.24) is 0 Å². The van der Waals surface area contributed by atoms with Gasteiger partial charge >= 0.3 is 0 Å². The van der Waals surface area contributed by atoms with E-state index in [0.29, 0.717) is 22.3 Å². The Kier molecular flexibility index (Phi) is 2.03. The van der Waals surface area contributed by atoms with Crippen molar-refractivity contribution in [2.75, 3.05) is 0 Å². The zero-order chi connectivity index (χ0) is 12.0. The zero-order valence-electron chi connectivity index (χ0n) is 8.84. The summed E-state index contributed by atoms with van der Waals surface area (Å²) in [6.07, 6.45) is 0.0789. The van der Waals surface area contributed by atoms with Gasteiger partial charge < -0.3 is 10.2 Å². The van der Waals surface area contributed by atoms with E-state index >= 15 is 0 Å². The number of ketones is 1. The van der Waals surface area contributed by atoms with Crippen LogP contribution < -0.4 is 0 Å². The van der Waals surface area contributed by atoms with Gasteiger partial charge in [0.15, 0.2) is 11.9 Å². The van der Waals surface area contributed by atoms with Crippen LogP contribution in [-0.2, 0) is 0 Å². The lowest BCUT2D eigenvalue weighted by Gasteiger charge is -2.22. The van der Waals surface area contributed by atoms with Gasteiger partial charge in [-0.15, -0.1) is 0 Å². The molecule has 0 saturated heterocycles. The van der Waals surface area contributed by atoms with Crippen LogP contribution in [-0.4, -0.2) is 16.0 Å². The maximum Gasteiger partial charge on any atom is 0.193 e. The number of carbonyl (C=O) groups is 1. The monoisotopic (exact) mass is 225 g/mol. The van der Waals surface area contributed by atoms with Crippen LogP contribution in [0.5, 0.6) is 5.75 Å². The SMILES string of the molecule is O=C1c2ccccc2[C](O)c2ccc(O)cc21. The normalized spacial score (nSPS) is 14.3. The van der Waals surface area contributed by atoms with Crippen LogP contribution in [0.25, 0.3) is 0 Å². The van der Waals surface area contributed by atoms with Crippen molar-refractivity contribution < 1.29 is 15.0 Å². The van der Waals surface area contributed by atoms with E-state index in [9.17, 15) is 15.0 Å². The van der Waals surface area contributed by atoms with E-state index < -0.39 is 0 Å². The molecule has 0 aromatic heterocycles. The first-order valence-corrected chi connectivity index (χ1v) is 5.22. The third kappa shape index (κ3) is 1.36. The molecule has 0 spiro atoms. The Balaban J connectivity index is 2.29. The first-order valence-electron chi connectivity index (χ1n) is 5.22. The van der Waals surface area contributed by atoms with Gasteiger partial charge in [0, 0.05) is 22.3 Å². The lowest BCUT2D eigenvalue weighted by molar-refractivity contribution is 0.103. The smallest absolute Gasteiger partial charge is 0.193 e. The lowest BCUT2D eigenvalue weighted by Crippen LogP contribution is -2.19. The summed E-state index contributed by atoms with van der Waals surface area (Å²) in [6, 6.07) is 11.3. The first-order chi connectivity index (χ1) is 8.18. The molecule has 0 unspecified atom stereocenters. The Bertz CT molecular complexity index is 617. The molecule has 2 N–H and O–H groups in total. The molecule has 17 heavy (non-hydrogen) atoms. The standard InChI is InChI=1S/C14H9O3/c15-8-5-6-11-12(7-8)14(17)10-4-2-1-3-9(10)13(11)16/h1-7,15-16H. The average Bonchev–Trinajstić information content (AvgIpc) is 2.36. The molecule has 1 aliphatic carbocycles. The van der Waals surface area contributed by atoms with Gasteiger partial charge in [0.1, 0.15) is 5.75 Å². The number of rotatable bonds is 0. The van der Waals surface area contributed by atoms with E-state index in [1.165, 1.54) is 12.1 Å². The molecule has 0 amide bonds. The Morgan fingerprint density at radius 3 is 2.18 bits per heavy atom. The van der Waals surface area contributed by atoms with Crippen LogP contribution in [0.4, 0.5) is 0 Å². The second kappa shape index (κ2) is 3.43. The molecule has 0 bridgehead atoms. The fraction of sp³-hybridized carbons (Fsp3) is 0. The molecule has 0 saturated carbocycles. The number of hydrogen-bond donors (Lipinski definition) is 2. The summed E-state index contributed by atoms with van der Waals surface area (Å²) in [4.78, 5) is 12.2. The molecule has 0 aliphatic heterocycles. The van der Waals surface area contributed by atoms with Crippen LogP contribution in [0.2, 0.25) is 0 Å². The summed E-state index contributed by atoms with van der Waals surface area (Å²) in [6.45, 7) is 0. The molecule has 3 heteroatoms. The minimum absolute atomic E-state index is 0.0179. The minimum atomic E-state index is -0.177. The Morgan fingerprint density at radius 1 is 0.765 bits per heavy atom. The highest BCUT2D eigenvalue weighted by Crippen LogP contribution is 2.35. The van der Waals surface area contributed by atoms with Crippen LogP contribution in [0, 0.1) is 6.10 Å². The third-order valence-corrected chi connectivity index (χ3v) is 2.93. The lowest BCUT2D eigenvalue weighted by atomic mass is 9.83. The molecule has 1 radical (unpaired) electrons. The molecular formula is C14H9O3. The van der Waals surface area contributed by atoms with Gasteiger partial charge in [-0.1, -0.05) is 30.3 Å². The van der Waals surface area contributed by atoms with Gasteiger partial charge in [-0.25, -0.2) is 0 Å². The van der Waals surface area contributed by atoms with Crippen molar-refractivity contribution in [3.63, 3.8) is 0 Å². The zero-order valence-corrected chi connectivity index (χ0v) is 8.84. The van der Waals surface area contributed by atoms with E-state index in [2.05, 4.69) is 0 Å². The number of hydrogen-bond acceptors (Lipinski definition) is 3. The number of phenolic OH excluding ortho intramolecular Hbond substituents is 1. The predicted molar refractivity (Wildman–Crippen MR) is 61.4 cm³/mol. The Morgan fingerprint density at radius 2 is 1.41 bits per heavy atom. The highest BCUT2D eigenvalue weighted by atomic mass is 16.3. The maximum absolute atomic E-state index is 12.2. The average molecular weight is 225 g/mol. The van der Waals surface area contributed by atoms with Crippen molar-refractivity contribution in [3.05, 3.63) is 70.8 Å². The van der Waals surface area contributed by atoms with Gasteiger partial charge in [-0.2, -0.15) is 0 Å². The van der Waals surface area contributed by atoms with E-state index in [-0.39, 0.29) is 17.6 Å². The molecule has 2 aromatic carbocycles. The van der Waals surface area contributed by atoms with E-state index in [1.54, 1.807) is 30.3 Å². The van der Waals surface area contributed by atoms with Gasteiger partial charge in [0.25, 0.3) is 0 Å². The highest BCUT2D eigenvalue weighted by Gasteiger charge is 2.30. The summed E-state index contributed by atoms with van der Waals surface area (Å²) in [5.74, 6) is -0.159. The van der Waals surface area contributed by atoms with Crippen molar-refractivity contribution in [1.29, 1.82) is 0 Å². The van der Waals surface area contributed by atoms with E-state index in [0.717, 1.165) is 0 Å². The van der Waals surface area contributed by atoms with E-state index in [4.69, 9.17) is 0 Å². The Hall–Kier alpha value is -2.13. The van der Waals surface area contributed by atoms with Gasteiger partial charge in [0.2, 0.25) is 0 Å². The van der Waals surface area contributed by atoms with Crippen LogP contribution >= 0.6 is 0 Å². The van der Waals surface area contributed by atoms with Crippen LogP contribution in [0.15, 0.2) is 42.5 Å². The molecule has 1 aliphatic rings. The topological polar surface area (TPSA) is 57.5 Å². The third-order valence-electron chi connectivity index (χ3n) is 2.93. The quantitative estimate of drug-likeness (QED) is 0.722. The molecule has 83 valence electrons. The Labute approximate surface area is 98.0 Å². The minimum Gasteiger partial charge on any atom is -0.508 e. The first kappa shape index (κ1) is 10.1. The summed E-state index contributed by atoms with van der Waals surface area (Å²) in [5.41, 5.74) is 1.80. The van der Waals surface area contributed by atoms with Gasteiger partial charge in [-0.05, 0) is 12.1 Å². The molecule has 2 aromatic rings. The summed E-state index contributed by atoms with van der Waals surface area (Å²) in [5, 5.41) is 19.5. The number of benzene rings is 2. The second-order valence-corrected chi connectivity index (χ2v) is 3.95. The molecular weight excluding hydrogens is 216 g/mol. The number of fused-ring (bicyclic) bond motifs is 2. The van der Waals surface area contributed by atoms with Crippen molar-refractivity contribution >= 4 is 5.78 Å². The van der Waals surface area contributed by atoms with Gasteiger partial charge in [-0.3, -0.25) is 4.79 Å². The van der Waals surface area contributed by atoms with Crippen LogP contribution in [0.1, 0.15) is 27.0 Å². The molecule has 3 rings (SSSR count). The van der Waals surface area contributed by atoms with Crippen molar-refractivity contribution in [3.8, 4) is 5.75 Å². The number of aromatic hydroxyl groups is 1. The number of phenols is 1. The molecule has 3 nitrogen and oxygen atoms in total. The number of carbonyl (C=O) groups excluding carboxylic acids is 1. The summed E-state index contributed by atoms with van der Waals surface area (Å²) in [7, 11) is 0. The summed E-state index contributed by atoms with van der Waals surface area (Å²) < 4.78 is 0. The maximum atomic E-state index is 12.2. The van der Waals surface area contributed by atoms with Crippen molar-refractivity contribution in [2.24, 2.45) is 0 Å². The van der Waals surface area contributed by atoms with Gasteiger partial charge in [0.05, 0.1) is 0 Å². The van der Waals surface area contributed by atoms with Crippen LogP contribution in [0.3, 0.4) is 0 Å². The highest BCUT2D eigenvalue weighted by molar-refractivity contribution is 6.13. The fourth-order valence-corrected chi connectivity index (χ4v) is 2.10. The van der Waals surface area contributed by atoms with Crippen molar-refractivity contribution in [2.45, 2.75) is 0 Å². The molecule has 0 heterocycles. The predicted octanol–water partition coefficient (Wildman–Crippen LogP) is 2.24. The number of aliphatic hydroxyl groups excluding tert-OH is 1. The summed E-state index contributed by atoms with van der Waals surface area (Å²) >= 11 is 0. The molecule has 0 fully saturated rings. The second-order valence-electron chi connectivity index (χ2n) is 3.95. The molecule has 0 atom stereocenters. The fourth-order valence-electron chi connectivity index (χ4n) is 2.10. The largest absolute Gasteiger partial charge is 0.508 e.